The molecule has 3 aromatic rings. The lowest BCUT2D eigenvalue weighted by Crippen LogP contribution is -2.51. The Hall–Kier alpha value is -3.61. The molecule has 0 aliphatic heterocycles. The molecule has 1 saturated carbocycles. The molecule has 0 saturated heterocycles. The Bertz CT molecular complexity index is 1170. The Morgan fingerprint density at radius 3 is 2.32 bits per heavy atom. The SMILES string of the molecule is CC(C)N(CC(=O)N(Cc1ccccc1)Cc1cccn1Cc1ccc(F)cc1)C(=O)NC1CCCCC1. The van der Waals surface area contributed by atoms with Crippen LogP contribution in [0.15, 0.2) is 72.9 Å². The molecule has 38 heavy (non-hydrogen) atoms. The number of benzene rings is 2. The number of hydrogen-bond donors (Lipinski definition) is 1. The van der Waals surface area contributed by atoms with Gasteiger partial charge in [0.05, 0.1) is 6.54 Å². The fraction of sp³-hybridized carbons (Fsp3) is 0.419. The highest BCUT2D eigenvalue weighted by Crippen LogP contribution is 2.19. The monoisotopic (exact) mass is 518 g/mol. The van der Waals surface area contributed by atoms with Gasteiger partial charge in [-0.1, -0.05) is 61.7 Å². The molecule has 1 fully saturated rings. The highest BCUT2D eigenvalue weighted by molar-refractivity contribution is 5.84. The van der Waals surface area contributed by atoms with E-state index >= 15 is 0 Å². The highest BCUT2D eigenvalue weighted by Gasteiger charge is 2.26. The first-order valence-corrected chi connectivity index (χ1v) is 13.7. The zero-order chi connectivity index (χ0) is 26.9. The average molecular weight is 519 g/mol. The summed E-state index contributed by atoms with van der Waals surface area (Å²) in [6.45, 7) is 5.33. The van der Waals surface area contributed by atoms with Crippen LogP contribution in [0.5, 0.6) is 0 Å². The second-order valence-corrected chi connectivity index (χ2v) is 10.5. The summed E-state index contributed by atoms with van der Waals surface area (Å²) in [4.78, 5) is 30.4. The number of hydrogen-bond acceptors (Lipinski definition) is 2. The molecule has 3 amide bonds. The van der Waals surface area contributed by atoms with Crippen LogP contribution in [-0.2, 0) is 24.4 Å². The Kier molecular flexibility index (Phi) is 9.57. The van der Waals surface area contributed by atoms with Crippen molar-refractivity contribution in [2.45, 2.75) is 77.7 Å². The van der Waals surface area contributed by atoms with Crippen LogP contribution in [0.25, 0.3) is 0 Å². The van der Waals surface area contributed by atoms with E-state index in [-0.39, 0.29) is 36.4 Å². The van der Waals surface area contributed by atoms with Gasteiger partial charge in [0.2, 0.25) is 5.91 Å². The summed E-state index contributed by atoms with van der Waals surface area (Å²) in [7, 11) is 0. The Labute approximate surface area is 225 Å². The van der Waals surface area contributed by atoms with E-state index in [1.54, 1.807) is 17.0 Å². The fourth-order valence-corrected chi connectivity index (χ4v) is 5.00. The Morgan fingerprint density at radius 2 is 1.63 bits per heavy atom. The van der Waals surface area contributed by atoms with Crippen molar-refractivity contribution in [2.75, 3.05) is 6.54 Å². The predicted molar refractivity (Wildman–Crippen MR) is 148 cm³/mol. The maximum atomic E-state index is 13.7. The Morgan fingerprint density at radius 1 is 0.921 bits per heavy atom. The zero-order valence-corrected chi connectivity index (χ0v) is 22.5. The van der Waals surface area contributed by atoms with E-state index in [1.165, 1.54) is 18.6 Å². The van der Waals surface area contributed by atoms with Gasteiger partial charge in [-0.25, -0.2) is 9.18 Å². The van der Waals surface area contributed by atoms with Gasteiger partial charge in [-0.2, -0.15) is 0 Å². The lowest BCUT2D eigenvalue weighted by molar-refractivity contribution is -0.133. The summed E-state index contributed by atoms with van der Waals surface area (Å²) in [5.41, 5.74) is 2.98. The van der Waals surface area contributed by atoms with Gasteiger partial charge in [0.25, 0.3) is 0 Å². The standard InChI is InChI=1S/C31H39FN4O2/c1-24(2)36(31(38)33-28-12-7-4-8-13-28)23-30(37)35(21-25-10-5-3-6-11-25)22-29-14-9-19-34(29)20-26-15-17-27(32)18-16-26/h3,5-6,9-11,14-19,24,28H,4,7-8,12-13,20-23H2,1-2H3,(H,33,38). The van der Waals surface area contributed by atoms with E-state index in [0.717, 1.165) is 42.5 Å². The topological polar surface area (TPSA) is 57.6 Å². The van der Waals surface area contributed by atoms with E-state index in [2.05, 4.69) is 9.88 Å². The molecule has 0 atom stereocenters. The molecule has 0 bridgehead atoms. The number of aromatic nitrogens is 1. The number of halogens is 1. The number of carbonyl (C=O) groups is 2. The van der Waals surface area contributed by atoms with Gasteiger partial charge < -0.3 is 19.7 Å². The molecular weight excluding hydrogens is 479 g/mol. The molecule has 2 aromatic carbocycles. The van der Waals surface area contributed by atoms with Crippen molar-refractivity contribution in [3.8, 4) is 0 Å². The summed E-state index contributed by atoms with van der Waals surface area (Å²) in [5, 5.41) is 3.17. The fourth-order valence-electron chi connectivity index (χ4n) is 5.00. The van der Waals surface area contributed by atoms with Crippen LogP contribution in [0.2, 0.25) is 0 Å². The normalized spacial score (nSPS) is 13.9. The van der Waals surface area contributed by atoms with Crippen molar-refractivity contribution < 1.29 is 14.0 Å². The molecular formula is C31H39FN4O2. The molecule has 202 valence electrons. The van der Waals surface area contributed by atoms with Crippen LogP contribution in [0.3, 0.4) is 0 Å². The van der Waals surface area contributed by atoms with Gasteiger partial charge in [0.1, 0.15) is 12.4 Å². The van der Waals surface area contributed by atoms with Crippen LogP contribution >= 0.6 is 0 Å². The number of nitrogens with one attached hydrogen (secondary N) is 1. The third-order valence-electron chi connectivity index (χ3n) is 7.23. The van der Waals surface area contributed by atoms with Crippen molar-refractivity contribution in [1.29, 1.82) is 0 Å². The van der Waals surface area contributed by atoms with Gasteiger partial charge in [-0.3, -0.25) is 4.79 Å². The number of carbonyl (C=O) groups excluding carboxylic acids is 2. The summed E-state index contributed by atoms with van der Waals surface area (Å²) in [5.74, 6) is -0.362. The van der Waals surface area contributed by atoms with E-state index in [4.69, 9.17) is 0 Å². The quantitative estimate of drug-likeness (QED) is 0.360. The average Bonchev–Trinajstić information content (AvgIpc) is 3.35. The van der Waals surface area contributed by atoms with Crippen LogP contribution in [0, 0.1) is 5.82 Å². The van der Waals surface area contributed by atoms with Crippen LogP contribution in [0.1, 0.15) is 62.8 Å². The van der Waals surface area contributed by atoms with Crippen molar-refractivity contribution in [3.05, 3.63) is 95.6 Å². The van der Waals surface area contributed by atoms with Crippen molar-refractivity contribution in [3.63, 3.8) is 0 Å². The first kappa shape index (κ1) is 27.4. The number of urea groups is 1. The van der Waals surface area contributed by atoms with E-state index in [9.17, 15) is 14.0 Å². The van der Waals surface area contributed by atoms with Crippen LogP contribution in [0.4, 0.5) is 9.18 Å². The minimum atomic E-state index is -0.261. The Balaban J connectivity index is 1.50. The summed E-state index contributed by atoms with van der Waals surface area (Å²) < 4.78 is 15.5. The summed E-state index contributed by atoms with van der Waals surface area (Å²) in [6, 6.07) is 20.3. The second kappa shape index (κ2) is 13.3. The first-order valence-electron chi connectivity index (χ1n) is 13.7. The lowest BCUT2D eigenvalue weighted by atomic mass is 9.96. The van der Waals surface area contributed by atoms with E-state index in [0.29, 0.717) is 19.6 Å². The molecule has 1 aliphatic rings. The molecule has 6 nitrogen and oxygen atoms in total. The molecule has 4 rings (SSSR count). The molecule has 7 heteroatoms. The maximum absolute atomic E-state index is 13.7. The lowest BCUT2D eigenvalue weighted by Gasteiger charge is -2.32. The molecule has 0 spiro atoms. The molecule has 1 heterocycles. The zero-order valence-electron chi connectivity index (χ0n) is 22.5. The van der Waals surface area contributed by atoms with Gasteiger partial charge >= 0.3 is 6.03 Å². The van der Waals surface area contributed by atoms with Gasteiger partial charge in [-0.05, 0) is 62.1 Å². The van der Waals surface area contributed by atoms with E-state index < -0.39 is 0 Å². The summed E-state index contributed by atoms with van der Waals surface area (Å²) in [6.07, 6.45) is 7.45. The van der Waals surface area contributed by atoms with Crippen molar-refractivity contribution in [1.82, 2.24) is 19.7 Å². The molecule has 1 N–H and O–H groups in total. The minimum Gasteiger partial charge on any atom is -0.345 e. The third-order valence-corrected chi connectivity index (χ3v) is 7.23. The van der Waals surface area contributed by atoms with Crippen LogP contribution < -0.4 is 5.32 Å². The molecule has 1 aliphatic carbocycles. The first-order chi connectivity index (χ1) is 18.4. The largest absolute Gasteiger partial charge is 0.345 e. The van der Waals surface area contributed by atoms with Gasteiger partial charge in [-0.15, -0.1) is 0 Å². The smallest absolute Gasteiger partial charge is 0.318 e. The maximum Gasteiger partial charge on any atom is 0.318 e. The number of nitrogens with zero attached hydrogens (tertiary/aromatic N) is 3. The van der Waals surface area contributed by atoms with Crippen LogP contribution in [-0.4, -0.2) is 44.9 Å². The third kappa shape index (κ3) is 7.70. The summed E-state index contributed by atoms with van der Waals surface area (Å²) >= 11 is 0. The molecule has 0 radical (unpaired) electrons. The number of rotatable bonds is 10. The van der Waals surface area contributed by atoms with Crippen molar-refractivity contribution >= 4 is 11.9 Å². The molecule has 1 aromatic heterocycles. The minimum absolute atomic E-state index is 0.0156. The predicted octanol–water partition coefficient (Wildman–Crippen LogP) is 5.96. The number of amides is 3. The van der Waals surface area contributed by atoms with Crippen molar-refractivity contribution in [2.24, 2.45) is 0 Å². The molecule has 0 unspecified atom stereocenters. The van der Waals surface area contributed by atoms with Gasteiger partial charge in [0.15, 0.2) is 0 Å². The van der Waals surface area contributed by atoms with Gasteiger partial charge in [0, 0.05) is 37.1 Å². The van der Waals surface area contributed by atoms with E-state index in [1.807, 2.05) is 67.4 Å². The second-order valence-electron chi connectivity index (χ2n) is 10.5. The highest BCUT2D eigenvalue weighted by atomic mass is 19.1.